The quantitative estimate of drug-likeness (QED) is 0.813. The second kappa shape index (κ2) is 8.74. The van der Waals surface area contributed by atoms with Gasteiger partial charge < -0.3 is 15.1 Å². The molecular weight excluding hydrogens is 262 g/mol. The molecule has 2 heterocycles. The summed E-state index contributed by atoms with van der Waals surface area (Å²) >= 11 is 0. The van der Waals surface area contributed by atoms with E-state index in [4.69, 9.17) is 0 Å². The van der Waals surface area contributed by atoms with Gasteiger partial charge in [-0.05, 0) is 63.7 Å². The zero-order chi connectivity index (χ0) is 15.1. The van der Waals surface area contributed by atoms with Crippen LogP contribution in [0, 0.1) is 11.8 Å². The maximum Gasteiger partial charge on any atom is 0.222 e. The van der Waals surface area contributed by atoms with E-state index in [-0.39, 0.29) is 0 Å². The third kappa shape index (κ3) is 5.26. The molecule has 2 rings (SSSR count). The molecule has 2 aliphatic rings. The minimum absolute atomic E-state index is 0.394. The van der Waals surface area contributed by atoms with Crippen molar-refractivity contribution in [2.45, 2.75) is 46.0 Å². The van der Waals surface area contributed by atoms with Crippen molar-refractivity contribution in [2.24, 2.45) is 11.8 Å². The van der Waals surface area contributed by atoms with E-state index in [9.17, 15) is 4.79 Å². The first kappa shape index (κ1) is 16.8. The van der Waals surface area contributed by atoms with Gasteiger partial charge in [0.1, 0.15) is 0 Å². The van der Waals surface area contributed by atoms with E-state index in [0.717, 1.165) is 51.6 Å². The smallest absolute Gasteiger partial charge is 0.222 e. The molecule has 0 aromatic carbocycles. The van der Waals surface area contributed by atoms with E-state index in [0.29, 0.717) is 11.8 Å². The molecule has 1 amide bonds. The van der Waals surface area contributed by atoms with Crippen molar-refractivity contribution in [3.63, 3.8) is 0 Å². The van der Waals surface area contributed by atoms with Crippen LogP contribution in [0.1, 0.15) is 46.0 Å². The van der Waals surface area contributed by atoms with Crippen molar-refractivity contribution >= 4 is 5.91 Å². The maximum absolute atomic E-state index is 12.4. The minimum atomic E-state index is 0.394. The van der Waals surface area contributed by atoms with Gasteiger partial charge in [-0.3, -0.25) is 4.79 Å². The van der Waals surface area contributed by atoms with Crippen molar-refractivity contribution in [1.82, 2.24) is 15.1 Å². The van der Waals surface area contributed by atoms with Crippen LogP contribution in [0.5, 0.6) is 0 Å². The summed E-state index contributed by atoms with van der Waals surface area (Å²) in [7, 11) is 0. The van der Waals surface area contributed by atoms with E-state index in [1.807, 2.05) is 0 Å². The fourth-order valence-corrected chi connectivity index (χ4v) is 3.69. The molecule has 4 heteroatoms. The van der Waals surface area contributed by atoms with Crippen molar-refractivity contribution in [1.29, 1.82) is 0 Å². The third-order valence-corrected chi connectivity index (χ3v) is 5.24. The van der Waals surface area contributed by atoms with Crippen LogP contribution in [-0.2, 0) is 4.79 Å². The van der Waals surface area contributed by atoms with Crippen molar-refractivity contribution < 1.29 is 4.79 Å². The fourth-order valence-electron chi connectivity index (χ4n) is 3.69. The summed E-state index contributed by atoms with van der Waals surface area (Å²) in [5, 5.41) is 3.41. The molecule has 4 nitrogen and oxygen atoms in total. The number of rotatable bonds is 6. The van der Waals surface area contributed by atoms with Crippen LogP contribution in [0.25, 0.3) is 0 Å². The molecule has 2 aliphatic heterocycles. The fraction of sp³-hybridized carbons (Fsp3) is 0.941. The highest BCUT2D eigenvalue weighted by Gasteiger charge is 2.25. The molecule has 0 aliphatic carbocycles. The molecule has 1 atom stereocenters. The third-order valence-electron chi connectivity index (χ3n) is 5.24. The molecular formula is C17H33N3O. The van der Waals surface area contributed by atoms with Crippen LogP contribution in [0.2, 0.25) is 0 Å². The summed E-state index contributed by atoms with van der Waals surface area (Å²) in [5.41, 5.74) is 0. The van der Waals surface area contributed by atoms with E-state index in [1.165, 1.54) is 32.2 Å². The molecule has 2 saturated heterocycles. The van der Waals surface area contributed by atoms with Crippen molar-refractivity contribution in [3.8, 4) is 0 Å². The molecule has 0 aromatic rings. The number of nitrogens with zero attached hydrogens (tertiary/aromatic N) is 2. The van der Waals surface area contributed by atoms with Gasteiger partial charge in [-0.15, -0.1) is 0 Å². The van der Waals surface area contributed by atoms with Crippen LogP contribution < -0.4 is 5.32 Å². The number of piperidine rings is 2. The lowest BCUT2D eigenvalue weighted by Gasteiger charge is -2.35. The van der Waals surface area contributed by atoms with Gasteiger partial charge in [0.25, 0.3) is 0 Å². The van der Waals surface area contributed by atoms with Crippen molar-refractivity contribution in [3.05, 3.63) is 0 Å². The van der Waals surface area contributed by atoms with Gasteiger partial charge in [0.15, 0.2) is 0 Å². The van der Waals surface area contributed by atoms with Crippen LogP contribution in [0.15, 0.2) is 0 Å². The molecule has 0 radical (unpaired) electrons. The highest BCUT2D eigenvalue weighted by molar-refractivity contribution is 5.76. The standard InChI is InChI=1S/C17H33N3O/c1-3-19(4-2)14-15-7-10-20(11-8-15)17(21)12-16-6-5-9-18-13-16/h15-16,18H,3-14H2,1-2H3. The maximum atomic E-state index is 12.4. The second-order valence-electron chi connectivity index (χ2n) is 6.73. The van der Waals surface area contributed by atoms with Gasteiger partial charge in [-0.25, -0.2) is 0 Å². The van der Waals surface area contributed by atoms with E-state index in [1.54, 1.807) is 0 Å². The molecule has 0 bridgehead atoms. The molecule has 1 unspecified atom stereocenters. The highest BCUT2D eigenvalue weighted by atomic mass is 16.2. The first-order valence-corrected chi connectivity index (χ1v) is 8.93. The summed E-state index contributed by atoms with van der Waals surface area (Å²) in [6, 6.07) is 0. The topological polar surface area (TPSA) is 35.6 Å². The monoisotopic (exact) mass is 295 g/mol. The minimum Gasteiger partial charge on any atom is -0.343 e. The van der Waals surface area contributed by atoms with Gasteiger partial charge in [-0.2, -0.15) is 0 Å². The largest absolute Gasteiger partial charge is 0.343 e. The first-order chi connectivity index (χ1) is 10.2. The molecule has 0 aromatic heterocycles. The first-order valence-electron chi connectivity index (χ1n) is 8.93. The normalized spacial score (nSPS) is 24.5. The van der Waals surface area contributed by atoms with E-state index >= 15 is 0 Å². The van der Waals surface area contributed by atoms with Crippen LogP contribution in [0.3, 0.4) is 0 Å². The zero-order valence-corrected chi connectivity index (χ0v) is 13.9. The highest BCUT2D eigenvalue weighted by Crippen LogP contribution is 2.21. The van der Waals surface area contributed by atoms with Gasteiger partial charge >= 0.3 is 0 Å². The Morgan fingerprint density at radius 2 is 1.86 bits per heavy atom. The van der Waals surface area contributed by atoms with E-state index in [2.05, 4.69) is 29.0 Å². The molecule has 21 heavy (non-hydrogen) atoms. The average Bonchev–Trinajstić information content (AvgIpc) is 2.54. The Morgan fingerprint density at radius 1 is 1.14 bits per heavy atom. The number of carbonyl (C=O) groups is 1. The summed E-state index contributed by atoms with van der Waals surface area (Å²) in [5.74, 6) is 1.75. The summed E-state index contributed by atoms with van der Waals surface area (Å²) in [4.78, 5) is 17.0. The average molecular weight is 295 g/mol. The van der Waals surface area contributed by atoms with Crippen LogP contribution >= 0.6 is 0 Å². The van der Waals surface area contributed by atoms with Gasteiger partial charge in [0.05, 0.1) is 0 Å². The number of amides is 1. The Kier molecular flexibility index (Phi) is 6.97. The Hall–Kier alpha value is -0.610. The molecule has 2 fully saturated rings. The molecule has 122 valence electrons. The molecule has 0 saturated carbocycles. The van der Waals surface area contributed by atoms with E-state index < -0.39 is 0 Å². The van der Waals surface area contributed by atoms with Gasteiger partial charge in [-0.1, -0.05) is 13.8 Å². The lowest BCUT2D eigenvalue weighted by molar-refractivity contribution is -0.133. The summed E-state index contributed by atoms with van der Waals surface area (Å²) in [6.45, 7) is 12.1. The molecule has 0 spiro atoms. The Labute approximate surface area is 130 Å². The Balaban J connectivity index is 1.69. The lowest BCUT2D eigenvalue weighted by atomic mass is 9.93. The Morgan fingerprint density at radius 3 is 2.43 bits per heavy atom. The Bertz CT molecular complexity index is 303. The van der Waals surface area contributed by atoms with Crippen molar-refractivity contribution in [2.75, 3.05) is 45.8 Å². The van der Waals surface area contributed by atoms with Gasteiger partial charge in [0.2, 0.25) is 5.91 Å². The predicted molar refractivity (Wildman–Crippen MR) is 87.3 cm³/mol. The van der Waals surface area contributed by atoms with Crippen LogP contribution in [0.4, 0.5) is 0 Å². The number of hydrogen-bond acceptors (Lipinski definition) is 3. The second-order valence-corrected chi connectivity index (χ2v) is 6.73. The molecule has 1 N–H and O–H groups in total. The summed E-state index contributed by atoms with van der Waals surface area (Å²) in [6.07, 6.45) is 5.57. The van der Waals surface area contributed by atoms with Gasteiger partial charge in [0, 0.05) is 26.1 Å². The number of hydrogen-bond donors (Lipinski definition) is 1. The van der Waals surface area contributed by atoms with Crippen LogP contribution in [-0.4, -0.2) is 61.5 Å². The number of nitrogens with one attached hydrogen (secondary N) is 1. The number of carbonyl (C=O) groups excluding carboxylic acids is 1. The summed E-state index contributed by atoms with van der Waals surface area (Å²) < 4.78 is 0. The zero-order valence-electron chi connectivity index (χ0n) is 13.9. The predicted octanol–water partition coefficient (Wildman–Crippen LogP) is 1.96. The number of likely N-dealkylation sites (tertiary alicyclic amines) is 1. The lowest BCUT2D eigenvalue weighted by Crippen LogP contribution is -2.43. The SMILES string of the molecule is CCN(CC)CC1CCN(C(=O)CC2CCCNC2)CC1.